The van der Waals surface area contributed by atoms with Crippen molar-refractivity contribution in [2.75, 3.05) is 6.61 Å². The third-order valence-electron chi connectivity index (χ3n) is 7.87. The summed E-state index contributed by atoms with van der Waals surface area (Å²) in [6.45, 7) is 1.81. The summed E-state index contributed by atoms with van der Waals surface area (Å²) in [6.07, 6.45) is 1.40. The minimum Gasteiger partial charge on any atom is -0.401 e. The molecule has 0 heterocycles. The fraction of sp³-hybridized carbons (Fsp3) is 0.162. The third-order valence-corrected chi connectivity index (χ3v) is 9.14. The summed E-state index contributed by atoms with van der Waals surface area (Å²) in [5.41, 5.74) is 4.71. The molecule has 0 unspecified atom stereocenters. The maximum Gasteiger partial charge on any atom is 0.648 e. The summed E-state index contributed by atoms with van der Waals surface area (Å²) < 4.78 is 10.4. The predicted molar refractivity (Wildman–Crippen MR) is 175 cm³/mol. The molecule has 0 aliphatic heterocycles. The van der Waals surface area contributed by atoms with Gasteiger partial charge in [-0.2, -0.15) is 0 Å². The monoisotopic (exact) mass is 586 g/mol. The minimum absolute atomic E-state index is 0.111. The molecule has 5 aromatic rings. The third kappa shape index (κ3) is 6.68. The number of rotatable bonds is 14. The first-order valence-electron chi connectivity index (χ1n) is 14.5. The summed E-state index contributed by atoms with van der Waals surface area (Å²) in [5, 5.41) is 10.8. The Morgan fingerprint density at radius 3 is 1.33 bits per heavy atom. The molecule has 43 heavy (non-hydrogen) atoms. The Hall–Kier alpha value is -3.94. The lowest BCUT2D eigenvalue weighted by molar-refractivity contribution is -0.118. The molecular formula is C37H35BO4S. The van der Waals surface area contributed by atoms with E-state index in [0.29, 0.717) is 6.42 Å². The standard InChI is InChI=1S/C37H35BO4S/c1-30(39)37(34-24-13-5-14-25-34,35-26-15-6-16-27-35)43-42-38(40)41-29-17-28-36(31-18-7-2-8-19-31,32-20-9-3-10-21-32)33-22-11-4-12-23-33/h2-16,18-27,40H,17,28-29H2,1H3. The summed E-state index contributed by atoms with van der Waals surface area (Å²) in [5.74, 6) is -0.111. The van der Waals surface area contributed by atoms with Crippen LogP contribution < -0.4 is 0 Å². The normalized spacial score (nSPS) is 11.7. The second-order valence-corrected chi connectivity index (χ2v) is 11.4. The van der Waals surface area contributed by atoms with Crippen molar-refractivity contribution in [1.82, 2.24) is 0 Å². The lowest BCUT2D eigenvalue weighted by Crippen LogP contribution is -2.34. The van der Waals surface area contributed by atoms with Gasteiger partial charge in [-0.15, -0.1) is 0 Å². The van der Waals surface area contributed by atoms with Crippen LogP contribution in [0.15, 0.2) is 152 Å². The van der Waals surface area contributed by atoms with E-state index in [0.717, 1.165) is 29.6 Å². The van der Waals surface area contributed by atoms with Crippen molar-refractivity contribution < 1.29 is 18.6 Å². The van der Waals surface area contributed by atoms with Gasteiger partial charge in [-0.1, -0.05) is 152 Å². The van der Waals surface area contributed by atoms with Gasteiger partial charge < -0.3 is 13.8 Å². The maximum absolute atomic E-state index is 13.2. The molecule has 0 amide bonds. The van der Waals surface area contributed by atoms with Crippen LogP contribution in [0.5, 0.6) is 0 Å². The highest BCUT2D eigenvalue weighted by Crippen LogP contribution is 2.45. The van der Waals surface area contributed by atoms with Gasteiger partial charge >= 0.3 is 7.32 Å². The Morgan fingerprint density at radius 1 is 0.628 bits per heavy atom. The molecule has 0 radical (unpaired) electrons. The summed E-state index contributed by atoms with van der Waals surface area (Å²) in [7, 11) is -1.52. The van der Waals surface area contributed by atoms with E-state index in [1.807, 2.05) is 78.9 Å². The molecule has 0 saturated carbocycles. The number of carbonyl (C=O) groups is 1. The van der Waals surface area contributed by atoms with Gasteiger partial charge in [0.1, 0.15) is 4.75 Å². The molecule has 0 bridgehead atoms. The van der Waals surface area contributed by atoms with Gasteiger partial charge in [0.2, 0.25) is 0 Å². The van der Waals surface area contributed by atoms with E-state index in [9.17, 15) is 9.82 Å². The van der Waals surface area contributed by atoms with Crippen molar-refractivity contribution in [2.24, 2.45) is 0 Å². The van der Waals surface area contributed by atoms with Gasteiger partial charge in [0.15, 0.2) is 5.78 Å². The topological polar surface area (TPSA) is 55.8 Å². The Bertz CT molecular complexity index is 1420. The van der Waals surface area contributed by atoms with E-state index >= 15 is 0 Å². The van der Waals surface area contributed by atoms with Gasteiger partial charge in [0.25, 0.3) is 0 Å². The van der Waals surface area contributed by atoms with Crippen LogP contribution in [0.4, 0.5) is 0 Å². The Labute approximate surface area is 259 Å². The number of hydrogen-bond acceptors (Lipinski definition) is 5. The average molecular weight is 587 g/mol. The van der Waals surface area contributed by atoms with Gasteiger partial charge in [-0.25, -0.2) is 0 Å². The molecule has 0 fully saturated rings. The Balaban J connectivity index is 1.33. The second-order valence-electron chi connectivity index (χ2n) is 10.4. The molecule has 0 aliphatic carbocycles. The molecule has 6 heteroatoms. The van der Waals surface area contributed by atoms with Crippen LogP contribution in [-0.2, 0) is 23.7 Å². The Kier molecular flexibility index (Phi) is 10.3. The van der Waals surface area contributed by atoms with E-state index < -0.39 is 17.5 Å². The van der Waals surface area contributed by atoms with E-state index in [2.05, 4.69) is 72.8 Å². The van der Waals surface area contributed by atoms with Gasteiger partial charge in [-0.3, -0.25) is 4.79 Å². The molecule has 0 saturated heterocycles. The highest BCUT2D eigenvalue weighted by Gasteiger charge is 2.43. The zero-order valence-electron chi connectivity index (χ0n) is 24.2. The summed E-state index contributed by atoms with van der Waals surface area (Å²) in [6, 6.07) is 50.5. The molecule has 5 rings (SSSR count). The van der Waals surface area contributed by atoms with Crippen LogP contribution >= 0.6 is 12.0 Å². The lowest BCUT2D eigenvalue weighted by Gasteiger charge is -2.36. The second kappa shape index (κ2) is 14.5. The van der Waals surface area contributed by atoms with Gasteiger partial charge in [0.05, 0.1) is 0 Å². The molecule has 0 spiro atoms. The fourth-order valence-corrected chi connectivity index (χ4v) is 6.70. The smallest absolute Gasteiger partial charge is 0.401 e. The summed E-state index contributed by atoms with van der Waals surface area (Å²) >= 11 is 0.921. The van der Waals surface area contributed by atoms with Crippen LogP contribution in [0.3, 0.4) is 0 Å². The molecule has 0 aliphatic rings. The quantitative estimate of drug-likeness (QED) is 0.0619. The molecule has 1 N–H and O–H groups in total. The van der Waals surface area contributed by atoms with E-state index in [-0.39, 0.29) is 12.4 Å². The van der Waals surface area contributed by atoms with E-state index in [4.69, 9.17) is 8.75 Å². The van der Waals surface area contributed by atoms with E-state index in [1.54, 1.807) is 6.92 Å². The first-order chi connectivity index (χ1) is 21.1. The molecule has 4 nitrogen and oxygen atoms in total. The highest BCUT2D eigenvalue weighted by molar-refractivity contribution is 7.97. The largest absolute Gasteiger partial charge is 0.648 e. The van der Waals surface area contributed by atoms with Crippen molar-refractivity contribution in [3.63, 3.8) is 0 Å². The predicted octanol–water partition coefficient (Wildman–Crippen LogP) is 7.99. The zero-order chi connectivity index (χ0) is 30.0. The van der Waals surface area contributed by atoms with Crippen molar-refractivity contribution in [1.29, 1.82) is 0 Å². The highest BCUT2D eigenvalue weighted by atomic mass is 32.2. The van der Waals surface area contributed by atoms with Crippen LogP contribution in [0.1, 0.15) is 47.6 Å². The molecule has 5 aromatic carbocycles. The SMILES string of the molecule is CC(=O)C(SOB(O)OCCCC(c1ccccc1)(c1ccccc1)c1ccccc1)(c1ccccc1)c1ccccc1. The number of benzene rings is 5. The van der Waals surface area contributed by atoms with Crippen molar-refractivity contribution in [2.45, 2.75) is 29.9 Å². The van der Waals surface area contributed by atoms with Gasteiger partial charge in [0, 0.05) is 24.1 Å². The molecule has 216 valence electrons. The number of carbonyl (C=O) groups excluding carboxylic acids is 1. The molecule has 0 atom stereocenters. The minimum atomic E-state index is -1.52. The van der Waals surface area contributed by atoms with Crippen LogP contribution in [-0.4, -0.2) is 24.7 Å². The number of ketones is 1. The maximum atomic E-state index is 13.2. The van der Waals surface area contributed by atoms with E-state index in [1.165, 1.54) is 16.7 Å². The van der Waals surface area contributed by atoms with Crippen LogP contribution in [0, 0.1) is 0 Å². The zero-order valence-corrected chi connectivity index (χ0v) is 25.0. The number of hydrogen-bond donors (Lipinski definition) is 1. The Morgan fingerprint density at radius 2 is 0.977 bits per heavy atom. The fourth-order valence-electron chi connectivity index (χ4n) is 5.84. The van der Waals surface area contributed by atoms with Crippen molar-refractivity contribution in [3.05, 3.63) is 179 Å². The lowest BCUT2D eigenvalue weighted by atomic mass is 9.67. The van der Waals surface area contributed by atoms with Gasteiger partial charge in [-0.05, 0) is 47.6 Å². The average Bonchev–Trinajstić information content (AvgIpc) is 3.07. The van der Waals surface area contributed by atoms with Crippen molar-refractivity contribution >= 4 is 25.1 Å². The van der Waals surface area contributed by atoms with Crippen LogP contribution in [0.2, 0.25) is 0 Å². The molecular weight excluding hydrogens is 551 g/mol. The first-order valence-corrected chi connectivity index (χ1v) is 15.2. The van der Waals surface area contributed by atoms with Crippen molar-refractivity contribution in [3.8, 4) is 0 Å². The summed E-state index contributed by atoms with van der Waals surface area (Å²) in [4.78, 5) is 13.2. The molecule has 0 aromatic heterocycles. The van der Waals surface area contributed by atoms with Crippen LogP contribution in [0.25, 0.3) is 0 Å². The number of Topliss-reactive ketones (excluding diaryl/α,β-unsaturated/α-hetero) is 1. The first kappa shape index (κ1) is 30.5.